The molecule has 162 valence electrons. The smallest absolute Gasteiger partial charge is 0.271 e. The third-order valence-corrected chi connectivity index (χ3v) is 6.10. The van der Waals surface area contributed by atoms with E-state index in [0.717, 1.165) is 12.0 Å². The number of hydrogen-bond donors (Lipinski definition) is 0. The van der Waals surface area contributed by atoms with Crippen molar-refractivity contribution in [3.8, 4) is 5.75 Å². The highest BCUT2D eigenvalue weighted by molar-refractivity contribution is 6.04. The van der Waals surface area contributed by atoms with Gasteiger partial charge in [0.2, 0.25) is 0 Å². The second-order valence-corrected chi connectivity index (χ2v) is 8.79. The highest BCUT2D eigenvalue weighted by atomic mass is 16.5. The Balaban J connectivity index is 1.47. The summed E-state index contributed by atoms with van der Waals surface area (Å²) in [6.45, 7) is 5.15. The second-order valence-electron chi connectivity index (χ2n) is 8.79. The van der Waals surface area contributed by atoms with E-state index < -0.39 is 5.60 Å². The molecule has 0 N–H and O–H groups in total. The van der Waals surface area contributed by atoms with Crippen LogP contribution in [-0.2, 0) is 24.3 Å². The minimum atomic E-state index is -0.989. The minimum Gasteiger partial charge on any atom is -0.476 e. The molecule has 3 heterocycles. The minimum absolute atomic E-state index is 0.0408. The fourth-order valence-corrected chi connectivity index (χ4v) is 4.38. The molecule has 0 saturated heterocycles. The summed E-state index contributed by atoms with van der Waals surface area (Å²) in [7, 11) is 0. The van der Waals surface area contributed by atoms with Crippen LogP contribution in [0.3, 0.4) is 0 Å². The first-order chi connectivity index (χ1) is 15.4. The maximum absolute atomic E-state index is 13.3. The number of hydrogen-bond acceptors (Lipinski definition) is 4. The molecule has 1 aromatic heterocycles. The molecule has 0 bridgehead atoms. The highest BCUT2D eigenvalue weighted by Crippen LogP contribution is 2.39. The average molecular weight is 428 g/mol. The SMILES string of the molecule is CC1(C)Oc2ccc(C(=O)N3CCc4ccccc4C3)cc2N(Cc2cccnc2)C1=O. The summed E-state index contributed by atoms with van der Waals surface area (Å²) >= 11 is 0. The molecule has 0 fully saturated rings. The lowest BCUT2D eigenvalue weighted by molar-refractivity contribution is -0.132. The van der Waals surface area contributed by atoms with Crippen molar-refractivity contribution in [2.45, 2.75) is 39.0 Å². The van der Waals surface area contributed by atoms with Crippen LogP contribution >= 0.6 is 0 Å². The molecule has 32 heavy (non-hydrogen) atoms. The average Bonchev–Trinajstić information content (AvgIpc) is 2.81. The first-order valence-electron chi connectivity index (χ1n) is 10.8. The summed E-state index contributed by atoms with van der Waals surface area (Å²) in [6.07, 6.45) is 4.29. The van der Waals surface area contributed by atoms with Crippen LogP contribution in [0, 0.1) is 0 Å². The molecule has 0 aliphatic carbocycles. The van der Waals surface area contributed by atoms with Crippen molar-refractivity contribution in [1.82, 2.24) is 9.88 Å². The van der Waals surface area contributed by atoms with Gasteiger partial charge in [0.25, 0.3) is 11.8 Å². The summed E-state index contributed by atoms with van der Waals surface area (Å²) < 4.78 is 5.99. The number of aromatic nitrogens is 1. The molecule has 6 nitrogen and oxygen atoms in total. The van der Waals surface area contributed by atoms with E-state index in [9.17, 15) is 9.59 Å². The molecule has 0 saturated carbocycles. The Morgan fingerprint density at radius 3 is 2.69 bits per heavy atom. The fraction of sp³-hybridized carbons (Fsp3) is 0.269. The molecule has 6 heteroatoms. The molecule has 2 amide bonds. The zero-order valence-electron chi connectivity index (χ0n) is 18.2. The Morgan fingerprint density at radius 2 is 1.91 bits per heavy atom. The number of ether oxygens (including phenoxy) is 1. The molecule has 0 radical (unpaired) electrons. The Bertz CT molecular complexity index is 1190. The highest BCUT2D eigenvalue weighted by Gasteiger charge is 2.41. The lowest BCUT2D eigenvalue weighted by Gasteiger charge is -2.39. The quantitative estimate of drug-likeness (QED) is 0.634. The zero-order valence-corrected chi connectivity index (χ0v) is 18.2. The van der Waals surface area contributed by atoms with Gasteiger partial charge < -0.3 is 14.5 Å². The van der Waals surface area contributed by atoms with Crippen LogP contribution in [-0.4, -0.2) is 33.8 Å². The number of anilines is 1. The molecular weight excluding hydrogens is 402 g/mol. The Morgan fingerprint density at radius 1 is 1.09 bits per heavy atom. The number of benzene rings is 2. The van der Waals surface area contributed by atoms with Crippen LogP contribution in [0.4, 0.5) is 5.69 Å². The van der Waals surface area contributed by atoms with Crippen molar-refractivity contribution >= 4 is 17.5 Å². The van der Waals surface area contributed by atoms with Gasteiger partial charge in [-0.25, -0.2) is 0 Å². The summed E-state index contributed by atoms with van der Waals surface area (Å²) in [5.74, 6) is 0.408. The van der Waals surface area contributed by atoms with Gasteiger partial charge in [-0.15, -0.1) is 0 Å². The number of nitrogens with zero attached hydrogens (tertiary/aromatic N) is 3. The Kier molecular flexibility index (Phi) is 4.93. The lowest BCUT2D eigenvalue weighted by atomic mass is 9.98. The van der Waals surface area contributed by atoms with Crippen molar-refractivity contribution in [2.24, 2.45) is 0 Å². The third-order valence-electron chi connectivity index (χ3n) is 6.10. The number of amides is 2. The fourth-order valence-electron chi connectivity index (χ4n) is 4.38. The van der Waals surface area contributed by atoms with E-state index in [1.165, 1.54) is 11.1 Å². The van der Waals surface area contributed by atoms with E-state index in [1.54, 1.807) is 49.3 Å². The van der Waals surface area contributed by atoms with E-state index >= 15 is 0 Å². The van der Waals surface area contributed by atoms with Crippen LogP contribution in [0.15, 0.2) is 67.0 Å². The normalized spacial score (nSPS) is 16.8. The maximum atomic E-state index is 13.3. The number of fused-ring (bicyclic) bond motifs is 2. The standard InChI is InChI=1S/C26H25N3O3/c1-26(2)25(31)29(16-18-6-5-12-27-15-18)22-14-20(9-10-23(22)32-26)24(30)28-13-11-19-7-3-4-8-21(19)17-28/h3-10,12,14-15H,11,13,16-17H2,1-2H3. The van der Waals surface area contributed by atoms with E-state index in [4.69, 9.17) is 4.74 Å². The monoisotopic (exact) mass is 427 g/mol. The molecule has 0 atom stereocenters. The molecule has 2 aromatic carbocycles. The number of pyridine rings is 1. The van der Waals surface area contributed by atoms with Crippen LogP contribution in [0.25, 0.3) is 0 Å². The van der Waals surface area contributed by atoms with Gasteiger partial charge >= 0.3 is 0 Å². The van der Waals surface area contributed by atoms with E-state index in [-0.39, 0.29) is 11.8 Å². The van der Waals surface area contributed by atoms with Gasteiger partial charge in [-0.3, -0.25) is 14.6 Å². The number of carbonyl (C=O) groups is 2. The van der Waals surface area contributed by atoms with Gasteiger partial charge in [-0.1, -0.05) is 30.3 Å². The Labute approximate surface area is 187 Å². The molecule has 2 aliphatic heterocycles. The van der Waals surface area contributed by atoms with Crippen molar-refractivity contribution in [1.29, 1.82) is 0 Å². The van der Waals surface area contributed by atoms with Crippen LogP contribution in [0.5, 0.6) is 5.75 Å². The molecule has 0 spiro atoms. The van der Waals surface area contributed by atoms with Gasteiger partial charge in [0.15, 0.2) is 5.60 Å². The zero-order chi connectivity index (χ0) is 22.3. The summed E-state index contributed by atoms with van der Waals surface area (Å²) in [5, 5.41) is 0. The molecule has 5 rings (SSSR count). The van der Waals surface area contributed by atoms with Gasteiger partial charge in [0.05, 0.1) is 12.2 Å². The summed E-state index contributed by atoms with van der Waals surface area (Å²) in [4.78, 5) is 34.3. The van der Waals surface area contributed by atoms with E-state index in [0.29, 0.717) is 36.6 Å². The molecular formula is C26H25N3O3. The van der Waals surface area contributed by atoms with Crippen LogP contribution in [0.1, 0.15) is 40.9 Å². The van der Waals surface area contributed by atoms with E-state index in [2.05, 4.69) is 17.1 Å². The molecule has 3 aromatic rings. The van der Waals surface area contributed by atoms with E-state index in [1.807, 2.05) is 29.2 Å². The topological polar surface area (TPSA) is 62.7 Å². The maximum Gasteiger partial charge on any atom is 0.271 e. The van der Waals surface area contributed by atoms with Gasteiger partial charge in [-0.05, 0) is 61.2 Å². The second kappa shape index (κ2) is 7.79. The first kappa shape index (κ1) is 20.2. The summed E-state index contributed by atoms with van der Waals surface area (Å²) in [6, 6.07) is 17.4. The molecule has 2 aliphatic rings. The molecule has 0 unspecified atom stereocenters. The Hall–Kier alpha value is -3.67. The predicted molar refractivity (Wildman–Crippen MR) is 121 cm³/mol. The number of rotatable bonds is 3. The van der Waals surface area contributed by atoms with Gasteiger partial charge in [0, 0.05) is 31.0 Å². The first-order valence-corrected chi connectivity index (χ1v) is 10.8. The third kappa shape index (κ3) is 3.62. The number of carbonyl (C=O) groups excluding carboxylic acids is 2. The van der Waals surface area contributed by atoms with Crippen molar-refractivity contribution in [3.63, 3.8) is 0 Å². The predicted octanol–water partition coefficient (Wildman–Crippen LogP) is 3.98. The van der Waals surface area contributed by atoms with Crippen molar-refractivity contribution in [3.05, 3.63) is 89.2 Å². The summed E-state index contributed by atoms with van der Waals surface area (Å²) in [5.41, 5.74) is 3.57. The van der Waals surface area contributed by atoms with Gasteiger partial charge in [0.1, 0.15) is 5.75 Å². The van der Waals surface area contributed by atoms with Gasteiger partial charge in [-0.2, -0.15) is 0 Å². The van der Waals surface area contributed by atoms with Crippen molar-refractivity contribution in [2.75, 3.05) is 11.4 Å². The van der Waals surface area contributed by atoms with Crippen LogP contribution < -0.4 is 9.64 Å². The lowest BCUT2D eigenvalue weighted by Crippen LogP contribution is -2.52. The van der Waals surface area contributed by atoms with Crippen LogP contribution in [0.2, 0.25) is 0 Å². The largest absolute Gasteiger partial charge is 0.476 e. The van der Waals surface area contributed by atoms with Crippen molar-refractivity contribution < 1.29 is 14.3 Å².